The van der Waals surface area contributed by atoms with Gasteiger partial charge < -0.3 is 15.2 Å². The zero-order valence-electron chi connectivity index (χ0n) is 18.8. The number of aromatic nitrogens is 5. The molecule has 0 atom stereocenters. The second kappa shape index (κ2) is 9.43. The molecule has 4 aromatic rings. The first kappa shape index (κ1) is 21.8. The number of fused-ring (bicyclic) bond motifs is 1. The largest absolute Gasteiger partial charge is 0.361 e. The number of piperazine rings is 1. The highest BCUT2D eigenvalue weighted by Gasteiger charge is 2.15. The third-order valence-electron chi connectivity index (χ3n) is 5.84. The normalized spacial score (nSPS) is 14.6. The number of rotatable bonds is 6. The van der Waals surface area contributed by atoms with E-state index < -0.39 is 0 Å². The Balaban J connectivity index is 1.37. The molecule has 9 heteroatoms. The van der Waals surface area contributed by atoms with Crippen molar-refractivity contribution < 1.29 is 0 Å². The SMILES string of the molecule is CN(C)c1ncnc(-c2ccc3nc(Cc4cc(CN5CCNCC5)ccn4)[nH]c3c2)c1Cl. The highest BCUT2D eigenvalue weighted by molar-refractivity contribution is 6.35. The quantitative estimate of drug-likeness (QED) is 0.455. The van der Waals surface area contributed by atoms with Crippen molar-refractivity contribution in [2.45, 2.75) is 13.0 Å². The lowest BCUT2D eigenvalue weighted by molar-refractivity contribution is 0.233. The predicted molar refractivity (Wildman–Crippen MR) is 132 cm³/mol. The number of nitrogens with one attached hydrogen (secondary N) is 2. The van der Waals surface area contributed by atoms with Crippen LogP contribution < -0.4 is 10.2 Å². The summed E-state index contributed by atoms with van der Waals surface area (Å²) in [5.41, 5.74) is 5.77. The molecule has 4 heterocycles. The fourth-order valence-corrected chi connectivity index (χ4v) is 4.56. The summed E-state index contributed by atoms with van der Waals surface area (Å²) in [6.07, 6.45) is 4.09. The van der Waals surface area contributed by atoms with Crippen molar-refractivity contribution in [1.82, 2.24) is 35.1 Å². The number of H-pyrrole nitrogens is 1. The molecule has 0 bridgehead atoms. The molecule has 0 saturated carbocycles. The molecule has 170 valence electrons. The maximum atomic E-state index is 6.58. The van der Waals surface area contributed by atoms with Crippen LogP contribution >= 0.6 is 11.6 Å². The standard InChI is InChI=1S/C24H27ClN8/c1-32(2)24-22(25)23(28-15-29-24)17-3-4-19-20(12-17)31-21(30-19)13-18-11-16(5-6-27-18)14-33-9-7-26-8-10-33/h3-6,11-12,15,26H,7-10,13-14H2,1-2H3,(H,30,31). The second-order valence-corrected chi connectivity index (χ2v) is 8.91. The number of benzene rings is 1. The van der Waals surface area contributed by atoms with E-state index in [0.29, 0.717) is 23.0 Å². The molecule has 0 amide bonds. The highest BCUT2D eigenvalue weighted by Crippen LogP contribution is 2.32. The maximum Gasteiger partial charge on any atom is 0.150 e. The summed E-state index contributed by atoms with van der Waals surface area (Å²) >= 11 is 6.58. The Hall–Kier alpha value is -3.07. The van der Waals surface area contributed by atoms with E-state index in [-0.39, 0.29) is 0 Å². The molecule has 1 aromatic carbocycles. The topological polar surface area (TPSA) is 85.9 Å². The van der Waals surface area contributed by atoms with Gasteiger partial charge in [-0.05, 0) is 29.8 Å². The van der Waals surface area contributed by atoms with Gasteiger partial charge >= 0.3 is 0 Å². The fraction of sp³-hybridized carbons (Fsp3) is 0.333. The number of halogens is 1. The average molecular weight is 463 g/mol. The minimum Gasteiger partial charge on any atom is -0.361 e. The van der Waals surface area contributed by atoms with Crippen molar-refractivity contribution in [3.8, 4) is 11.3 Å². The number of nitrogens with zero attached hydrogens (tertiary/aromatic N) is 6. The zero-order valence-corrected chi connectivity index (χ0v) is 19.6. The first-order chi connectivity index (χ1) is 16.1. The summed E-state index contributed by atoms with van der Waals surface area (Å²) in [5.74, 6) is 1.58. The molecule has 0 unspecified atom stereocenters. The predicted octanol–water partition coefficient (Wildman–Crippen LogP) is 3.13. The van der Waals surface area contributed by atoms with Crippen LogP contribution in [0.2, 0.25) is 5.02 Å². The van der Waals surface area contributed by atoms with Crippen LogP contribution in [0.4, 0.5) is 5.82 Å². The van der Waals surface area contributed by atoms with Gasteiger partial charge in [-0.25, -0.2) is 15.0 Å². The Bertz CT molecular complexity index is 1260. The minimum atomic E-state index is 0.534. The van der Waals surface area contributed by atoms with Crippen molar-refractivity contribution >= 4 is 28.5 Å². The Morgan fingerprint density at radius 1 is 1.06 bits per heavy atom. The summed E-state index contributed by atoms with van der Waals surface area (Å²) in [7, 11) is 3.82. The van der Waals surface area contributed by atoms with E-state index in [4.69, 9.17) is 16.6 Å². The molecule has 1 fully saturated rings. The number of hydrogen-bond donors (Lipinski definition) is 2. The summed E-state index contributed by atoms with van der Waals surface area (Å²) in [5, 5.41) is 3.93. The Morgan fingerprint density at radius 3 is 2.73 bits per heavy atom. The summed E-state index contributed by atoms with van der Waals surface area (Å²) in [6, 6.07) is 10.3. The first-order valence-electron chi connectivity index (χ1n) is 11.1. The van der Waals surface area contributed by atoms with E-state index in [0.717, 1.165) is 60.8 Å². The molecule has 1 saturated heterocycles. The molecule has 8 nitrogen and oxygen atoms in total. The molecule has 5 rings (SSSR count). The minimum absolute atomic E-state index is 0.534. The van der Waals surface area contributed by atoms with Crippen LogP contribution in [0, 0.1) is 0 Å². The molecule has 1 aliphatic heterocycles. The maximum absolute atomic E-state index is 6.58. The Morgan fingerprint density at radius 2 is 1.91 bits per heavy atom. The van der Waals surface area contributed by atoms with Gasteiger partial charge in [0.25, 0.3) is 0 Å². The first-order valence-corrected chi connectivity index (χ1v) is 11.5. The molecular formula is C24H27ClN8. The van der Waals surface area contributed by atoms with Gasteiger partial charge in [0.15, 0.2) is 5.82 Å². The number of anilines is 1. The van der Waals surface area contributed by atoms with E-state index >= 15 is 0 Å². The van der Waals surface area contributed by atoms with Crippen LogP contribution in [-0.4, -0.2) is 70.1 Å². The van der Waals surface area contributed by atoms with Gasteiger partial charge in [-0.3, -0.25) is 9.88 Å². The summed E-state index contributed by atoms with van der Waals surface area (Å²) in [4.78, 5) is 25.8. The van der Waals surface area contributed by atoms with Gasteiger partial charge in [-0.2, -0.15) is 0 Å². The van der Waals surface area contributed by atoms with Crippen molar-refractivity contribution in [2.75, 3.05) is 45.2 Å². The lowest BCUT2D eigenvalue weighted by Gasteiger charge is -2.27. The third kappa shape index (κ3) is 4.83. The molecule has 33 heavy (non-hydrogen) atoms. The molecule has 0 spiro atoms. The fourth-order valence-electron chi connectivity index (χ4n) is 4.19. The zero-order chi connectivity index (χ0) is 22.8. The average Bonchev–Trinajstić information content (AvgIpc) is 3.21. The van der Waals surface area contributed by atoms with Crippen LogP contribution in [0.1, 0.15) is 17.1 Å². The number of imidazole rings is 1. The number of aromatic amines is 1. The lowest BCUT2D eigenvalue weighted by atomic mass is 10.1. The van der Waals surface area contributed by atoms with Crippen molar-refractivity contribution in [3.05, 3.63) is 65.0 Å². The smallest absolute Gasteiger partial charge is 0.150 e. The number of pyridine rings is 1. The lowest BCUT2D eigenvalue weighted by Crippen LogP contribution is -2.42. The molecule has 1 aliphatic rings. The molecule has 0 radical (unpaired) electrons. The van der Waals surface area contributed by atoms with Gasteiger partial charge in [0, 0.05) is 70.7 Å². The summed E-state index contributed by atoms with van der Waals surface area (Å²) < 4.78 is 0. The Labute approximate surface area is 198 Å². The van der Waals surface area contributed by atoms with Crippen molar-refractivity contribution in [3.63, 3.8) is 0 Å². The van der Waals surface area contributed by atoms with Crippen molar-refractivity contribution in [2.24, 2.45) is 0 Å². The number of hydrogen-bond acceptors (Lipinski definition) is 7. The van der Waals surface area contributed by atoms with E-state index in [1.165, 1.54) is 11.9 Å². The van der Waals surface area contributed by atoms with E-state index in [2.05, 4.69) is 42.3 Å². The van der Waals surface area contributed by atoms with Crippen LogP contribution in [0.3, 0.4) is 0 Å². The molecule has 3 aromatic heterocycles. The van der Waals surface area contributed by atoms with Gasteiger partial charge in [0.05, 0.1) is 16.7 Å². The van der Waals surface area contributed by atoms with Crippen molar-refractivity contribution in [1.29, 1.82) is 0 Å². The summed E-state index contributed by atoms with van der Waals surface area (Å²) in [6.45, 7) is 5.21. The van der Waals surface area contributed by atoms with Crippen LogP contribution in [0.5, 0.6) is 0 Å². The third-order valence-corrected chi connectivity index (χ3v) is 6.19. The van der Waals surface area contributed by atoms with Crippen LogP contribution in [0.15, 0.2) is 42.9 Å². The molecule has 0 aliphatic carbocycles. The van der Waals surface area contributed by atoms with E-state index in [1.54, 1.807) is 0 Å². The second-order valence-electron chi connectivity index (χ2n) is 8.53. The van der Waals surface area contributed by atoms with Crippen LogP contribution in [-0.2, 0) is 13.0 Å². The van der Waals surface area contributed by atoms with E-state index in [1.807, 2.05) is 43.4 Å². The monoisotopic (exact) mass is 462 g/mol. The highest BCUT2D eigenvalue weighted by atomic mass is 35.5. The molecule has 2 N–H and O–H groups in total. The van der Waals surface area contributed by atoms with Gasteiger partial charge in [0.1, 0.15) is 17.2 Å². The Kier molecular flexibility index (Phi) is 6.22. The molecular weight excluding hydrogens is 436 g/mol. The van der Waals surface area contributed by atoms with Gasteiger partial charge in [-0.15, -0.1) is 0 Å². The van der Waals surface area contributed by atoms with Crippen LogP contribution in [0.25, 0.3) is 22.3 Å². The van der Waals surface area contributed by atoms with Gasteiger partial charge in [-0.1, -0.05) is 17.7 Å². The van der Waals surface area contributed by atoms with Gasteiger partial charge in [0.2, 0.25) is 0 Å². The van der Waals surface area contributed by atoms with E-state index in [9.17, 15) is 0 Å².